The molecule has 0 amide bonds. The highest BCUT2D eigenvalue weighted by Crippen LogP contribution is 2.30. The maximum Gasteiger partial charge on any atom is 0.256 e. The number of nitrogens with zero attached hydrogens (tertiary/aromatic N) is 5. The fourth-order valence-corrected chi connectivity index (χ4v) is 3.22. The zero-order chi connectivity index (χ0) is 18.4. The van der Waals surface area contributed by atoms with Gasteiger partial charge in [-0.3, -0.25) is 0 Å². The number of allylic oxidation sites excluding steroid dienone is 3. The maximum absolute atomic E-state index is 14.5. The number of hydrogen-bond acceptors (Lipinski definition) is 4. The molecule has 6 nitrogen and oxygen atoms in total. The van der Waals surface area contributed by atoms with Crippen LogP contribution in [0.1, 0.15) is 22.8 Å². The van der Waals surface area contributed by atoms with Gasteiger partial charge in [-0.2, -0.15) is 0 Å². The molecule has 1 aliphatic carbocycles. The van der Waals surface area contributed by atoms with Gasteiger partial charge in [0.25, 0.3) is 6.43 Å². The number of anilines is 1. The van der Waals surface area contributed by atoms with E-state index in [1.54, 1.807) is 25.2 Å². The number of nitrogens with two attached hydrogens (primary N) is 1. The van der Waals surface area contributed by atoms with Gasteiger partial charge in [0.15, 0.2) is 5.82 Å². The van der Waals surface area contributed by atoms with E-state index >= 15 is 0 Å². The molecule has 0 unspecified atom stereocenters. The number of hydrogen-bond donors (Lipinski definition) is 1. The third-order valence-electron chi connectivity index (χ3n) is 4.35. The Morgan fingerprint density at radius 1 is 1.31 bits per heavy atom. The Hall–Kier alpha value is -3.10. The summed E-state index contributed by atoms with van der Waals surface area (Å²) in [7, 11) is 0. The van der Waals surface area contributed by atoms with Crippen LogP contribution >= 0.6 is 0 Å². The van der Waals surface area contributed by atoms with Crippen molar-refractivity contribution in [2.75, 3.05) is 5.73 Å². The van der Waals surface area contributed by atoms with E-state index in [1.165, 1.54) is 21.5 Å². The molecule has 3 aromatic heterocycles. The second kappa shape index (κ2) is 6.01. The minimum atomic E-state index is -2.47. The van der Waals surface area contributed by atoms with Crippen molar-refractivity contribution in [3.8, 4) is 0 Å². The summed E-state index contributed by atoms with van der Waals surface area (Å²) in [5.41, 5.74) is 8.24. The van der Waals surface area contributed by atoms with Crippen molar-refractivity contribution in [1.82, 2.24) is 24.1 Å². The number of alkyl halides is 2. The Bertz CT molecular complexity index is 1060. The first-order chi connectivity index (χ1) is 12.4. The number of halogens is 3. The predicted octanol–water partition coefficient (Wildman–Crippen LogP) is 2.87. The van der Waals surface area contributed by atoms with Crippen LogP contribution in [-0.2, 0) is 13.0 Å². The highest BCUT2D eigenvalue weighted by Gasteiger charge is 2.20. The van der Waals surface area contributed by atoms with Gasteiger partial charge in [-0.05, 0) is 18.6 Å². The molecule has 0 atom stereocenters. The molecule has 0 saturated carbocycles. The normalized spacial score (nSPS) is 14.0. The molecular formula is C17H15F3N6. The molecule has 9 heteroatoms. The SMILES string of the molecule is Cc1nc2c(n1CC(F)F)CC=C(c1c(F)cn3nc(N)ncc13)C=C2. The Labute approximate surface area is 146 Å². The van der Waals surface area contributed by atoms with E-state index in [0.717, 1.165) is 0 Å². The van der Waals surface area contributed by atoms with Crippen molar-refractivity contribution in [1.29, 1.82) is 0 Å². The molecule has 0 bridgehead atoms. The van der Waals surface area contributed by atoms with E-state index < -0.39 is 18.8 Å². The summed E-state index contributed by atoms with van der Waals surface area (Å²) in [6.07, 6.45) is 5.79. The van der Waals surface area contributed by atoms with Gasteiger partial charge >= 0.3 is 0 Å². The average molecular weight is 360 g/mol. The van der Waals surface area contributed by atoms with Gasteiger partial charge in [0.2, 0.25) is 5.95 Å². The number of aromatic nitrogens is 5. The lowest BCUT2D eigenvalue weighted by Crippen LogP contribution is -2.11. The largest absolute Gasteiger partial charge is 0.367 e. The van der Waals surface area contributed by atoms with Gasteiger partial charge in [-0.1, -0.05) is 12.2 Å². The Kier molecular flexibility index (Phi) is 3.78. The standard InChI is InChI=1S/C17H15F3N6/c1-9-23-12-4-2-10(3-5-13(12)25(9)8-15(19)20)16-11(18)7-26-14(16)6-22-17(21)24-26/h2-4,6-7,15H,5,8H2,1H3,(H2,21,24). The third kappa shape index (κ3) is 2.65. The van der Waals surface area contributed by atoms with E-state index in [2.05, 4.69) is 15.1 Å². The smallest absolute Gasteiger partial charge is 0.256 e. The van der Waals surface area contributed by atoms with Crippen LogP contribution < -0.4 is 5.73 Å². The minimum absolute atomic E-state index is 0.0394. The second-order valence-corrected chi connectivity index (χ2v) is 5.99. The summed E-state index contributed by atoms with van der Waals surface area (Å²) in [6.45, 7) is 1.28. The van der Waals surface area contributed by atoms with Crippen LogP contribution in [0, 0.1) is 12.7 Å². The van der Waals surface area contributed by atoms with Crippen LogP contribution in [0.4, 0.5) is 19.1 Å². The number of nitrogen functional groups attached to an aromatic ring is 1. The third-order valence-corrected chi connectivity index (χ3v) is 4.35. The lowest BCUT2D eigenvalue weighted by molar-refractivity contribution is 0.125. The van der Waals surface area contributed by atoms with Gasteiger partial charge in [0.05, 0.1) is 30.1 Å². The van der Waals surface area contributed by atoms with Crippen molar-refractivity contribution >= 4 is 23.1 Å². The van der Waals surface area contributed by atoms with Crippen molar-refractivity contribution in [3.05, 3.63) is 53.1 Å². The molecule has 0 aliphatic heterocycles. The molecule has 0 radical (unpaired) electrons. The number of aryl methyl sites for hydroxylation is 1. The van der Waals surface area contributed by atoms with Gasteiger partial charge in [0, 0.05) is 17.7 Å². The van der Waals surface area contributed by atoms with Crippen molar-refractivity contribution in [2.24, 2.45) is 0 Å². The molecule has 3 aromatic rings. The number of imidazole rings is 1. The zero-order valence-electron chi connectivity index (χ0n) is 13.8. The summed E-state index contributed by atoms with van der Waals surface area (Å²) in [5, 5.41) is 3.96. The Balaban J connectivity index is 1.78. The molecular weight excluding hydrogens is 345 g/mol. The van der Waals surface area contributed by atoms with Gasteiger partial charge in [-0.15, -0.1) is 5.10 Å². The van der Waals surface area contributed by atoms with Crippen LogP contribution in [0.5, 0.6) is 0 Å². The summed E-state index contributed by atoms with van der Waals surface area (Å²) in [6, 6.07) is 0. The van der Waals surface area contributed by atoms with Gasteiger partial charge in [-0.25, -0.2) is 27.7 Å². The summed E-state index contributed by atoms with van der Waals surface area (Å²) in [4.78, 5) is 8.26. The first-order valence-electron chi connectivity index (χ1n) is 7.96. The van der Waals surface area contributed by atoms with Crippen LogP contribution in [0.25, 0.3) is 17.2 Å². The molecule has 0 spiro atoms. The van der Waals surface area contributed by atoms with Crippen LogP contribution in [0.2, 0.25) is 0 Å². The van der Waals surface area contributed by atoms with E-state index in [9.17, 15) is 13.2 Å². The molecule has 0 saturated heterocycles. The maximum atomic E-state index is 14.5. The number of rotatable bonds is 3. The predicted molar refractivity (Wildman–Crippen MR) is 91.0 cm³/mol. The Morgan fingerprint density at radius 3 is 2.88 bits per heavy atom. The monoisotopic (exact) mass is 360 g/mol. The van der Waals surface area contributed by atoms with Crippen LogP contribution in [-0.4, -0.2) is 30.6 Å². The van der Waals surface area contributed by atoms with Crippen LogP contribution in [0.3, 0.4) is 0 Å². The second-order valence-electron chi connectivity index (χ2n) is 5.99. The van der Waals surface area contributed by atoms with Gasteiger partial charge in [0.1, 0.15) is 5.82 Å². The lowest BCUT2D eigenvalue weighted by atomic mass is 10.1. The lowest BCUT2D eigenvalue weighted by Gasteiger charge is -2.08. The molecule has 4 rings (SSSR count). The van der Waals surface area contributed by atoms with E-state index in [1.807, 2.05) is 0 Å². The topological polar surface area (TPSA) is 74.0 Å². The molecule has 3 heterocycles. The summed E-state index contributed by atoms with van der Waals surface area (Å²) >= 11 is 0. The quantitative estimate of drug-likeness (QED) is 0.779. The number of fused-ring (bicyclic) bond motifs is 2. The summed E-state index contributed by atoms with van der Waals surface area (Å²) < 4.78 is 43.0. The molecule has 134 valence electrons. The Morgan fingerprint density at radius 2 is 2.12 bits per heavy atom. The summed E-state index contributed by atoms with van der Waals surface area (Å²) in [5.74, 6) is 0.102. The van der Waals surface area contributed by atoms with E-state index in [0.29, 0.717) is 40.3 Å². The van der Waals surface area contributed by atoms with Crippen LogP contribution in [0.15, 0.2) is 24.5 Å². The first-order valence-corrected chi connectivity index (χ1v) is 7.96. The van der Waals surface area contributed by atoms with Crippen molar-refractivity contribution < 1.29 is 13.2 Å². The molecule has 1 aliphatic rings. The van der Waals surface area contributed by atoms with Gasteiger partial charge < -0.3 is 10.3 Å². The molecule has 2 N–H and O–H groups in total. The van der Waals surface area contributed by atoms with E-state index in [-0.39, 0.29) is 5.95 Å². The molecule has 26 heavy (non-hydrogen) atoms. The molecule has 0 fully saturated rings. The van der Waals surface area contributed by atoms with Crippen molar-refractivity contribution in [3.63, 3.8) is 0 Å². The van der Waals surface area contributed by atoms with Crippen molar-refractivity contribution in [2.45, 2.75) is 26.3 Å². The molecule has 0 aromatic carbocycles. The highest BCUT2D eigenvalue weighted by atomic mass is 19.3. The zero-order valence-corrected chi connectivity index (χ0v) is 13.8. The fourth-order valence-electron chi connectivity index (χ4n) is 3.22. The first kappa shape index (κ1) is 16.4. The van der Waals surface area contributed by atoms with E-state index in [4.69, 9.17) is 5.73 Å². The fraction of sp³-hybridized carbons (Fsp3) is 0.235. The highest BCUT2D eigenvalue weighted by molar-refractivity contribution is 5.87. The minimum Gasteiger partial charge on any atom is -0.367 e. The average Bonchev–Trinajstić information content (AvgIpc) is 2.95.